The van der Waals surface area contributed by atoms with Crippen molar-refractivity contribution in [1.82, 2.24) is 5.32 Å². The summed E-state index contributed by atoms with van der Waals surface area (Å²) in [4.78, 5) is 0. The lowest BCUT2D eigenvalue weighted by molar-refractivity contribution is 0.528. The number of nitrogens with one attached hydrogen (secondary N) is 1. The van der Waals surface area contributed by atoms with Crippen molar-refractivity contribution < 1.29 is 4.39 Å². The summed E-state index contributed by atoms with van der Waals surface area (Å²) in [5, 5.41) is 3.43. The molecule has 0 fully saturated rings. The van der Waals surface area contributed by atoms with Crippen molar-refractivity contribution in [3.8, 4) is 0 Å². The van der Waals surface area contributed by atoms with Gasteiger partial charge in [-0.2, -0.15) is 0 Å². The third-order valence-corrected chi connectivity index (χ3v) is 3.75. The van der Waals surface area contributed by atoms with E-state index in [1.54, 1.807) is 6.07 Å². The number of hydrogen-bond donors (Lipinski definition) is 1. The Morgan fingerprint density at radius 2 is 1.95 bits per heavy atom. The number of likely N-dealkylation sites (N-methyl/N-ethyl adjacent to an activating group) is 1. The molecule has 0 aromatic heterocycles. The maximum absolute atomic E-state index is 13.8. The summed E-state index contributed by atoms with van der Waals surface area (Å²) < 4.78 is 15.0. The number of rotatable bonds is 5. The van der Waals surface area contributed by atoms with E-state index in [-0.39, 0.29) is 11.9 Å². The Balaban J connectivity index is 2.24. The van der Waals surface area contributed by atoms with Gasteiger partial charge in [-0.25, -0.2) is 4.39 Å². The largest absolute Gasteiger partial charge is 0.310 e. The van der Waals surface area contributed by atoms with Gasteiger partial charge in [0.25, 0.3) is 0 Å². The smallest absolute Gasteiger partial charge is 0.126 e. The van der Waals surface area contributed by atoms with Gasteiger partial charge in [-0.05, 0) is 64.9 Å². The first-order chi connectivity index (χ1) is 9.20. The predicted octanol–water partition coefficient (Wildman–Crippen LogP) is 4.32. The molecule has 1 N–H and O–H groups in total. The molecule has 1 nitrogen and oxygen atoms in total. The minimum atomic E-state index is -0.129. The van der Waals surface area contributed by atoms with Crippen LogP contribution in [0, 0.1) is 9.39 Å². The van der Waals surface area contributed by atoms with Crippen molar-refractivity contribution in [3.63, 3.8) is 0 Å². The molecule has 2 aromatic carbocycles. The lowest BCUT2D eigenvalue weighted by atomic mass is 9.98. The van der Waals surface area contributed by atoms with E-state index in [4.69, 9.17) is 0 Å². The standard InChI is InChI=1S/C16H17FIN/c1-2-19-16(13-7-5-8-14(18)10-13)11-12-6-3-4-9-15(12)17/h3-10,16,19H,2,11H2,1H3. The average Bonchev–Trinajstić information content (AvgIpc) is 2.40. The van der Waals surface area contributed by atoms with E-state index in [1.807, 2.05) is 18.2 Å². The van der Waals surface area contributed by atoms with Crippen LogP contribution in [0.3, 0.4) is 0 Å². The maximum Gasteiger partial charge on any atom is 0.126 e. The molecule has 19 heavy (non-hydrogen) atoms. The van der Waals surface area contributed by atoms with Gasteiger partial charge in [0.05, 0.1) is 0 Å². The topological polar surface area (TPSA) is 12.0 Å². The quantitative estimate of drug-likeness (QED) is 0.774. The first-order valence-electron chi connectivity index (χ1n) is 6.43. The zero-order valence-electron chi connectivity index (χ0n) is 10.9. The van der Waals surface area contributed by atoms with Gasteiger partial charge in [-0.3, -0.25) is 0 Å². The van der Waals surface area contributed by atoms with Crippen LogP contribution in [-0.2, 0) is 6.42 Å². The summed E-state index contributed by atoms with van der Waals surface area (Å²) in [6.45, 7) is 2.94. The number of benzene rings is 2. The zero-order valence-corrected chi connectivity index (χ0v) is 13.0. The van der Waals surface area contributed by atoms with E-state index in [0.29, 0.717) is 6.42 Å². The molecular weight excluding hydrogens is 352 g/mol. The molecule has 1 atom stereocenters. The van der Waals surface area contributed by atoms with E-state index in [1.165, 1.54) is 15.2 Å². The summed E-state index contributed by atoms with van der Waals surface area (Å²) in [6, 6.07) is 15.5. The highest BCUT2D eigenvalue weighted by Crippen LogP contribution is 2.21. The second-order valence-electron chi connectivity index (χ2n) is 4.46. The van der Waals surface area contributed by atoms with Gasteiger partial charge in [0.2, 0.25) is 0 Å². The highest BCUT2D eigenvalue weighted by Gasteiger charge is 2.13. The van der Waals surface area contributed by atoms with Crippen LogP contribution < -0.4 is 5.32 Å². The Morgan fingerprint density at radius 3 is 2.63 bits per heavy atom. The Labute approximate surface area is 127 Å². The van der Waals surface area contributed by atoms with Gasteiger partial charge in [0.15, 0.2) is 0 Å². The molecule has 2 rings (SSSR count). The summed E-state index contributed by atoms with van der Waals surface area (Å²) in [5.74, 6) is -0.129. The Hall–Kier alpha value is -0.940. The molecule has 0 aliphatic heterocycles. The van der Waals surface area contributed by atoms with Crippen LogP contribution in [-0.4, -0.2) is 6.54 Å². The Morgan fingerprint density at radius 1 is 1.16 bits per heavy atom. The molecule has 2 aromatic rings. The second-order valence-corrected chi connectivity index (χ2v) is 5.71. The second kappa shape index (κ2) is 7.01. The van der Waals surface area contributed by atoms with Crippen molar-refractivity contribution in [3.05, 3.63) is 69.0 Å². The fourth-order valence-electron chi connectivity index (χ4n) is 2.16. The van der Waals surface area contributed by atoms with E-state index >= 15 is 0 Å². The van der Waals surface area contributed by atoms with Crippen LogP contribution in [0.15, 0.2) is 48.5 Å². The van der Waals surface area contributed by atoms with Gasteiger partial charge in [-0.15, -0.1) is 0 Å². The summed E-state index contributed by atoms with van der Waals surface area (Å²) in [6.07, 6.45) is 0.667. The van der Waals surface area contributed by atoms with Crippen molar-refractivity contribution in [2.45, 2.75) is 19.4 Å². The van der Waals surface area contributed by atoms with E-state index in [2.05, 4.69) is 53.0 Å². The predicted molar refractivity (Wildman–Crippen MR) is 85.7 cm³/mol. The molecule has 1 unspecified atom stereocenters. The van der Waals surface area contributed by atoms with Crippen LogP contribution in [0.2, 0.25) is 0 Å². The van der Waals surface area contributed by atoms with E-state index in [0.717, 1.165) is 12.1 Å². The summed E-state index contributed by atoms with van der Waals surface area (Å²) >= 11 is 2.30. The lowest BCUT2D eigenvalue weighted by Crippen LogP contribution is -2.23. The van der Waals surface area contributed by atoms with Crippen molar-refractivity contribution in [2.24, 2.45) is 0 Å². The van der Waals surface area contributed by atoms with Gasteiger partial charge in [-0.1, -0.05) is 37.3 Å². The lowest BCUT2D eigenvalue weighted by Gasteiger charge is -2.19. The summed E-state index contributed by atoms with van der Waals surface area (Å²) in [5.41, 5.74) is 1.96. The van der Waals surface area contributed by atoms with Crippen molar-refractivity contribution in [2.75, 3.05) is 6.54 Å². The fourth-order valence-corrected chi connectivity index (χ4v) is 2.73. The van der Waals surface area contributed by atoms with Crippen LogP contribution in [0.5, 0.6) is 0 Å². The highest BCUT2D eigenvalue weighted by molar-refractivity contribution is 14.1. The Bertz CT molecular complexity index is 542. The minimum absolute atomic E-state index is 0.129. The third-order valence-electron chi connectivity index (χ3n) is 3.08. The zero-order chi connectivity index (χ0) is 13.7. The molecule has 100 valence electrons. The van der Waals surface area contributed by atoms with Crippen LogP contribution >= 0.6 is 22.6 Å². The molecule has 0 amide bonds. The maximum atomic E-state index is 13.8. The van der Waals surface area contributed by atoms with Gasteiger partial charge in [0, 0.05) is 9.61 Å². The molecule has 0 bridgehead atoms. The SMILES string of the molecule is CCNC(Cc1ccccc1F)c1cccc(I)c1. The van der Waals surface area contributed by atoms with Crippen LogP contribution in [0.1, 0.15) is 24.1 Å². The molecule has 0 heterocycles. The van der Waals surface area contributed by atoms with Crippen molar-refractivity contribution >= 4 is 22.6 Å². The molecule has 0 spiro atoms. The fraction of sp³-hybridized carbons (Fsp3) is 0.250. The van der Waals surface area contributed by atoms with Gasteiger partial charge < -0.3 is 5.32 Å². The monoisotopic (exact) mass is 369 g/mol. The first kappa shape index (κ1) is 14.5. The normalized spacial score (nSPS) is 12.4. The van der Waals surface area contributed by atoms with E-state index < -0.39 is 0 Å². The molecule has 0 aliphatic carbocycles. The van der Waals surface area contributed by atoms with E-state index in [9.17, 15) is 4.39 Å². The molecule has 0 radical (unpaired) electrons. The number of hydrogen-bond acceptors (Lipinski definition) is 1. The Kier molecular flexibility index (Phi) is 5.34. The van der Waals surface area contributed by atoms with Crippen molar-refractivity contribution in [1.29, 1.82) is 0 Å². The molecular formula is C16H17FIN. The summed E-state index contributed by atoms with van der Waals surface area (Å²) in [7, 11) is 0. The molecule has 3 heteroatoms. The molecule has 0 aliphatic rings. The number of halogens is 2. The third kappa shape index (κ3) is 4.01. The van der Waals surface area contributed by atoms with Crippen LogP contribution in [0.4, 0.5) is 4.39 Å². The molecule has 0 saturated heterocycles. The highest BCUT2D eigenvalue weighted by atomic mass is 127. The molecule has 0 saturated carbocycles. The minimum Gasteiger partial charge on any atom is -0.310 e. The van der Waals surface area contributed by atoms with Gasteiger partial charge >= 0.3 is 0 Å². The van der Waals surface area contributed by atoms with Gasteiger partial charge in [0.1, 0.15) is 5.82 Å². The average molecular weight is 369 g/mol. The first-order valence-corrected chi connectivity index (χ1v) is 7.51. The van der Waals surface area contributed by atoms with Crippen LogP contribution in [0.25, 0.3) is 0 Å².